The van der Waals surface area contributed by atoms with Crippen molar-refractivity contribution >= 4 is 29.0 Å². The van der Waals surface area contributed by atoms with Gasteiger partial charge in [0.25, 0.3) is 5.91 Å². The Morgan fingerprint density at radius 3 is 3.05 bits per heavy atom. The van der Waals surface area contributed by atoms with Gasteiger partial charge in [0.1, 0.15) is 0 Å². The van der Waals surface area contributed by atoms with Crippen LogP contribution in [0.4, 0.5) is 0 Å². The van der Waals surface area contributed by atoms with Crippen LogP contribution in [-0.4, -0.2) is 56.1 Å². The number of ether oxygens (including phenoxy) is 2. The van der Waals surface area contributed by atoms with Crippen LogP contribution in [-0.2, 0) is 9.47 Å². The van der Waals surface area contributed by atoms with Crippen molar-refractivity contribution in [1.29, 1.82) is 0 Å². The number of hydrogen-bond acceptors (Lipinski definition) is 5. The van der Waals surface area contributed by atoms with E-state index in [1.165, 1.54) is 4.21 Å². The topological polar surface area (TPSA) is 38.8 Å². The molecular weight excluding hydrogens is 282 g/mol. The maximum atomic E-state index is 12.3. The van der Waals surface area contributed by atoms with Crippen molar-refractivity contribution in [1.82, 2.24) is 4.90 Å². The standard InChI is InChI=1S/C13H19NO3S2/c1-3-18-12-5-4-11(19-12)13(15)14(2)8-10-9-16-6-7-17-10/h4-5,10H,3,6-9H2,1-2H3/t10-/m1/s1. The number of thioether (sulfide) groups is 1. The van der Waals surface area contributed by atoms with Gasteiger partial charge in [0, 0.05) is 13.6 Å². The second-order valence-corrected chi connectivity index (χ2v) is 6.95. The number of rotatable bonds is 5. The van der Waals surface area contributed by atoms with E-state index in [2.05, 4.69) is 6.92 Å². The number of thiophene rings is 1. The van der Waals surface area contributed by atoms with E-state index < -0.39 is 0 Å². The Balaban J connectivity index is 1.89. The first-order chi connectivity index (χ1) is 9.20. The van der Waals surface area contributed by atoms with Crippen molar-refractivity contribution in [3.05, 3.63) is 17.0 Å². The fourth-order valence-electron chi connectivity index (χ4n) is 1.87. The fourth-order valence-corrected chi connectivity index (χ4v) is 3.91. The lowest BCUT2D eigenvalue weighted by molar-refractivity contribution is -0.0933. The normalized spacial score (nSPS) is 19.4. The predicted molar refractivity (Wildman–Crippen MR) is 78.2 cm³/mol. The van der Waals surface area contributed by atoms with Crippen LogP contribution in [0.2, 0.25) is 0 Å². The van der Waals surface area contributed by atoms with E-state index in [4.69, 9.17) is 9.47 Å². The molecule has 0 radical (unpaired) electrons. The summed E-state index contributed by atoms with van der Waals surface area (Å²) in [5.74, 6) is 1.08. The molecule has 0 aliphatic carbocycles. The minimum Gasteiger partial charge on any atom is -0.376 e. The maximum absolute atomic E-state index is 12.3. The molecule has 1 atom stereocenters. The molecule has 1 aromatic heterocycles. The van der Waals surface area contributed by atoms with Crippen LogP contribution in [0.15, 0.2) is 16.3 Å². The van der Waals surface area contributed by atoms with E-state index in [1.54, 1.807) is 28.0 Å². The third-order valence-electron chi connectivity index (χ3n) is 2.79. The zero-order chi connectivity index (χ0) is 13.7. The predicted octanol–water partition coefficient (Wildman–Crippen LogP) is 2.35. The summed E-state index contributed by atoms with van der Waals surface area (Å²) in [6.45, 7) is 4.52. The highest BCUT2D eigenvalue weighted by Gasteiger charge is 2.21. The van der Waals surface area contributed by atoms with Gasteiger partial charge < -0.3 is 14.4 Å². The Morgan fingerprint density at radius 2 is 2.37 bits per heavy atom. The lowest BCUT2D eigenvalue weighted by atomic mass is 10.3. The minimum atomic E-state index is -0.00727. The lowest BCUT2D eigenvalue weighted by Gasteiger charge is -2.27. The van der Waals surface area contributed by atoms with Crippen molar-refractivity contribution in [2.45, 2.75) is 17.2 Å². The number of nitrogens with zero attached hydrogens (tertiary/aromatic N) is 1. The molecule has 0 unspecified atom stereocenters. The molecule has 1 saturated heterocycles. The first kappa shape index (κ1) is 14.8. The monoisotopic (exact) mass is 301 g/mol. The van der Waals surface area contributed by atoms with Crippen LogP contribution in [0.3, 0.4) is 0 Å². The Hall–Kier alpha value is -0.560. The molecule has 0 aromatic carbocycles. The van der Waals surface area contributed by atoms with E-state index >= 15 is 0 Å². The van der Waals surface area contributed by atoms with Gasteiger partial charge >= 0.3 is 0 Å². The molecule has 2 rings (SSSR count). The molecule has 0 saturated carbocycles. The van der Waals surface area contributed by atoms with Crippen LogP contribution in [0.1, 0.15) is 16.6 Å². The SMILES string of the molecule is CCSc1ccc(C(=O)N(C)C[C@@H]2COCCO2)s1. The summed E-state index contributed by atoms with van der Waals surface area (Å²) in [6, 6.07) is 3.92. The quantitative estimate of drug-likeness (QED) is 0.783. The van der Waals surface area contributed by atoms with Crippen molar-refractivity contribution in [3.8, 4) is 0 Å². The summed E-state index contributed by atoms with van der Waals surface area (Å²) in [5.41, 5.74) is 0. The van der Waals surface area contributed by atoms with Crippen molar-refractivity contribution in [3.63, 3.8) is 0 Å². The van der Waals surface area contributed by atoms with E-state index in [-0.39, 0.29) is 12.0 Å². The van der Waals surface area contributed by atoms with E-state index in [0.717, 1.165) is 10.6 Å². The molecule has 106 valence electrons. The van der Waals surface area contributed by atoms with E-state index in [0.29, 0.717) is 26.4 Å². The Labute approximate surface area is 122 Å². The van der Waals surface area contributed by atoms with Crippen LogP contribution in [0, 0.1) is 0 Å². The van der Waals surface area contributed by atoms with Gasteiger partial charge in [0.05, 0.1) is 35.0 Å². The lowest BCUT2D eigenvalue weighted by Crippen LogP contribution is -2.40. The Morgan fingerprint density at radius 1 is 1.53 bits per heavy atom. The highest BCUT2D eigenvalue weighted by atomic mass is 32.2. The minimum absolute atomic E-state index is 0.00727. The summed E-state index contributed by atoms with van der Waals surface area (Å²) in [7, 11) is 1.81. The fraction of sp³-hybridized carbons (Fsp3) is 0.615. The van der Waals surface area contributed by atoms with Crippen LogP contribution in [0.5, 0.6) is 0 Å². The van der Waals surface area contributed by atoms with Crippen molar-refractivity contribution in [2.75, 3.05) is 39.2 Å². The second kappa shape index (κ2) is 7.28. The van der Waals surface area contributed by atoms with Crippen LogP contribution < -0.4 is 0 Å². The maximum Gasteiger partial charge on any atom is 0.263 e. The number of amides is 1. The summed E-state index contributed by atoms with van der Waals surface area (Å²) in [4.78, 5) is 14.8. The molecule has 1 aliphatic rings. The molecule has 6 heteroatoms. The molecule has 1 amide bonds. The molecule has 4 nitrogen and oxygen atoms in total. The van der Waals surface area contributed by atoms with Gasteiger partial charge in [-0.25, -0.2) is 0 Å². The van der Waals surface area contributed by atoms with Gasteiger partial charge in [-0.15, -0.1) is 23.1 Å². The molecule has 19 heavy (non-hydrogen) atoms. The second-order valence-electron chi connectivity index (χ2n) is 4.31. The third-order valence-corrected chi connectivity index (χ3v) is 4.97. The Bertz CT molecular complexity index is 416. The van der Waals surface area contributed by atoms with Gasteiger partial charge in [-0.1, -0.05) is 6.92 Å². The van der Waals surface area contributed by atoms with Crippen molar-refractivity contribution in [2.24, 2.45) is 0 Å². The molecule has 0 spiro atoms. The number of hydrogen-bond donors (Lipinski definition) is 0. The summed E-state index contributed by atoms with van der Waals surface area (Å²) in [6.07, 6.45) is -0.00727. The molecule has 1 aliphatic heterocycles. The molecule has 0 N–H and O–H groups in total. The molecule has 1 fully saturated rings. The average Bonchev–Trinajstić information content (AvgIpc) is 2.88. The zero-order valence-electron chi connectivity index (χ0n) is 11.3. The summed E-state index contributed by atoms with van der Waals surface area (Å²) in [5, 5.41) is 0. The summed E-state index contributed by atoms with van der Waals surface area (Å²) < 4.78 is 12.1. The van der Waals surface area contributed by atoms with Gasteiger partial charge in [-0.05, 0) is 17.9 Å². The Kier molecular flexibility index (Phi) is 5.69. The smallest absolute Gasteiger partial charge is 0.263 e. The highest BCUT2D eigenvalue weighted by molar-refractivity contribution is 8.01. The zero-order valence-corrected chi connectivity index (χ0v) is 12.9. The molecule has 1 aromatic rings. The molecule has 2 heterocycles. The van der Waals surface area contributed by atoms with Crippen molar-refractivity contribution < 1.29 is 14.3 Å². The third kappa shape index (κ3) is 4.21. The van der Waals surface area contributed by atoms with Gasteiger partial charge in [-0.2, -0.15) is 0 Å². The average molecular weight is 301 g/mol. The molecular formula is C13H19NO3S2. The van der Waals surface area contributed by atoms with E-state index in [1.807, 2.05) is 19.2 Å². The first-order valence-corrected chi connectivity index (χ1v) is 8.18. The van der Waals surface area contributed by atoms with E-state index in [9.17, 15) is 4.79 Å². The van der Waals surface area contributed by atoms with Crippen LogP contribution in [0.25, 0.3) is 0 Å². The highest BCUT2D eigenvalue weighted by Crippen LogP contribution is 2.27. The number of carbonyl (C=O) groups is 1. The van der Waals surface area contributed by atoms with Gasteiger partial charge in [-0.3, -0.25) is 4.79 Å². The largest absolute Gasteiger partial charge is 0.376 e. The first-order valence-electron chi connectivity index (χ1n) is 6.38. The van der Waals surface area contributed by atoms with Crippen LogP contribution >= 0.6 is 23.1 Å². The molecule has 0 bridgehead atoms. The van der Waals surface area contributed by atoms with Gasteiger partial charge in [0.15, 0.2) is 0 Å². The van der Waals surface area contributed by atoms with Gasteiger partial charge in [0.2, 0.25) is 0 Å². The summed E-state index contributed by atoms with van der Waals surface area (Å²) >= 11 is 3.32. The number of likely N-dealkylation sites (N-methyl/N-ethyl adjacent to an activating group) is 1. The number of carbonyl (C=O) groups excluding carboxylic acids is 1.